The van der Waals surface area contributed by atoms with Gasteiger partial charge in [-0.25, -0.2) is 0 Å². The fourth-order valence-corrected chi connectivity index (χ4v) is 2.81. The molecule has 1 aliphatic rings. The second-order valence-corrected chi connectivity index (χ2v) is 6.46. The van der Waals surface area contributed by atoms with Crippen LogP contribution in [0.4, 0.5) is 0 Å². The van der Waals surface area contributed by atoms with Crippen LogP contribution in [0.2, 0.25) is 0 Å². The lowest BCUT2D eigenvalue weighted by Crippen LogP contribution is -2.39. The molecule has 1 heterocycles. The molecule has 0 radical (unpaired) electrons. The molecule has 0 unspecified atom stereocenters. The van der Waals surface area contributed by atoms with Crippen molar-refractivity contribution >= 4 is 5.96 Å². The van der Waals surface area contributed by atoms with Crippen LogP contribution in [0.15, 0.2) is 4.99 Å². The van der Waals surface area contributed by atoms with Crippen LogP contribution in [0.25, 0.3) is 0 Å². The molecule has 1 saturated heterocycles. The molecule has 1 fully saturated rings. The fraction of sp³-hybridized carbons (Fsp3) is 0.941. The Balaban J connectivity index is 1.99. The van der Waals surface area contributed by atoms with E-state index in [2.05, 4.69) is 34.1 Å². The predicted molar refractivity (Wildman–Crippen MR) is 96.4 cm³/mol. The highest BCUT2D eigenvalue weighted by Crippen LogP contribution is 2.04. The molecule has 0 spiro atoms. The minimum Gasteiger partial charge on any atom is -0.370 e. The minimum absolute atomic E-state index is 0.612. The number of aliphatic imine (C=N–C) groups is 1. The van der Waals surface area contributed by atoms with Crippen LogP contribution in [0.1, 0.15) is 51.9 Å². The van der Waals surface area contributed by atoms with Crippen LogP contribution in [0.3, 0.4) is 0 Å². The van der Waals surface area contributed by atoms with Gasteiger partial charge >= 0.3 is 0 Å². The van der Waals surface area contributed by atoms with Crippen molar-refractivity contribution in [1.82, 2.24) is 15.1 Å². The summed E-state index contributed by atoms with van der Waals surface area (Å²) in [5, 5.41) is 3.25. The first kappa shape index (κ1) is 19.2. The summed E-state index contributed by atoms with van der Waals surface area (Å²) in [6.07, 6.45) is 9.06. The Hall–Kier alpha value is -0.810. The summed E-state index contributed by atoms with van der Waals surface area (Å²) >= 11 is 0. The van der Waals surface area contributed by atoms with Crippen LogP contribution < -0.4 is 11.1 Å². The average molecular weight is 312 g/mol. The van der Waals surface area contributed by atoms with Gasteiger partial charge in [0.25, 0.3) is 0 Å². The topological polar surface area (TPSA) is 56.9 Å². The molecule has 0 saturated carbocycles. The smallest absolute Gasteiger partial charge is 0.188 e. The zero-order valence-corrected chi connectivity index (χ0v) is 14.8. The third-order valence-electron chi connectivity index (χ3n) is 4.34. The van der Waals surface area contributed by atoms with Crippen molar-refractivity contribution in [2.75, 3.05) is 52.9 Å². The lowest BCUT2D eigenvalue weighted by molar-refractivity contribution is 0.280. The van der Waals surface area contributed by atoms with E-state index in [0.717, 1.165) is 32.6 Å². The van der Waals surface area contributed by atoms with Crippen molar-refractivity contribution in [3.05, 3.63) is 0 Å². The van der Waals surface area contributed by atoms with E-state index < -0.39 is 0 Å². The van der Waals surface area contributed by atoms with Gasteiger partial charge in [-0.05, 0) is 33.0 Å². The summed E-state index contributed by atoms with van der Waals surface area (Å²) in [4.78, 5) is 9.33. The maximum Gasteiger partial charge on any atom is 0.188 e. The van der Waals surface area contributed by atoms with Crippen molar-refractivity contribution < 1.29 is 0 Å². The van der Waals surface area contributed by atoms with Gasteiger partial charge in [-0.2, -0.15) is 0 Å². The van der Waals surface area contributed by atoms with Gasteiger partial charge in [-0.3, -0.25) is 4.99 Å². The number of nitrogens with zero attached hydrogens (tertiary/aromatic N) is 3. The molecule has 0 amide bonds. The van der Waals surface area contributed by atoms with Gasteiger partial charge in [0.05, 0.1) is 0 Å². The lowest BCUT2D eigenvalue weighted by atomic mass is 10.1. The van der Waals surface area contributed by atoms with Crippen molar-refractivity contribution in [3.8, 4) is 0 Å². The number of rotatable bonds is 10. The second kappa shape index (κ2) is 12.7. The quantitative estimate of drug-likeness (QED) is 0.367. The highest BCUT2D eigenvalue weighted by molar-refractivity contribution is 5.77. The first-order chi connectivity index (χ1) is 10.7. The van der Waals surface area contributed by atoms with Crippen LogP contribution in [0, 0.1) is 0 Å². The van der Waals surface area contributed by atoms with Crippen molar-refractivity contribution in [2.45, 2.75) is 51.9 Å². The van der Waals surface area contributed by atoms with Crippen molar-refractivity contribution in [3.63, 3.8) is 0 Å². The van der Waals surface area contributed by atoms with Gasteiger partial charge in [-0.1, -0.05) is 39.0 Å². The van der Waals surface area contributed by atoms with Gasteiger partial charge < -0.3 is 20.9 Å². The summed E-state index contributed by atoms with van der Waals surface area (Å²) in [5.41, 5.74) is 5.92. The molecular formula is C17H37N5. The van der Waals surface area contributed by atoms with Crippen LogP contribution in [0.5, 0.6) is 0 Å². The highest BCUT2D eigenvalue weighted by atomic mass is 15.2. The van der Waals surface area contributed by atoms with E-state index in [-0.39, 0.29) is 0 Å². The number of nitrogens with two attached hydrogens (primary N) is 1. The summed E-state index contributed by atoms with van der Waals surface area (Å²) < 4.78 is 0. The Morgan fingerprint density at radius 2 is 1.82 bits per heavy atom. The van der Waals surface area contributed by atoms with Gasteiger partial charge in [0, 0.05) is 32.7 Å². The Kier molecular flexibility index (Phi) is 11.1. The molecule has 5 nitrogen and oxygen atoms in total. The molecular weight excluding hydrogens is 274 g/mol. The largest absolute Gasteiger partial charge is 0.370 e. The monoisotopic (exact) mass is 311 g/mol. The van der Waals surface area contributed by atoms with Gasteiger partial charge in [0.15, 0.2) is 5.96 Å². The molecule has 0 bridgehead atoms. The molecule has 130 valence electrons. The number of likely N-dealkylation sites (N-methyl/N-ethyl adjacent to an activating group) is 1. The number of hydrogen-bond acceptors (Lipinski definition) is 3. The maximum absolute atomic E-state index is 5.92. The van der Waals surface area contributed by atoms with Crippen molar-refractivity contribution in [1.29, 1.82) is 0 Å². The van der Waals surface area contributed by atoms with Gasteiger partial charge in [0.2, 0.25) is 0 Å². The van der Waals surface area contributed by atoms with Crippen LogP contribution in [-0.2, 0) is 0 Å². The number of nitrogens with one attached hydrogen (secondary N) is 1. The summed E-state index contributed by atoms with van der Waals surface area (Å²) in [6, 6.07) is 0. The maximum atomic E-state index is 5.92. The molecule has 0 aliphatic carbocycles. The molecule has 5 heteroatoms. The van der Waals surface area contributed by atoms with Crippen LogP contribution in [-0.4, -0.2) is 68.6 Å². The second-order valence-electron chi connectivity index (χ2n) is 6.46. The molecule has 3 N–H and O–H groups in total. The van der Waals surface area contributed by atoms with E-state index in [9.17, 15) is 0 Å². The predicted octanol–water partition coefficient (Wildman–Crippen LogP) is 1.89. The summed E-state index contributed by atoms with van der Waals surface area (Å²) in [7, 11) is 2.20. The standard InChI is InChI=1S/C17H37N5/c1-3-4-5-6-7-8-10-19-17(18)20-11-14-22-13-9-12-21(2)15-16-22/h3-16H2,1-2H3,(H3,18,19,20). The van der Waals surface area contributed by atoms with Crippen molar-refractivity contribution in [2.24, 2.45) is 10.7 Å². The molecule has 1 rings (SSSR count). The molecule has 0 aromatic carbocycles. The van der Waals surface area contributed by atoms with Gasteiger partial charge in [-0.15, -0.1) is 0 Å². The first-order valence-corrected chi connectivity index (χ1v) is 9.17. The van der Waals surface area contributed by atoms with E-state index >= 15 is 0 Å². The zero-order chi connectivity index (χ0) is 16.0. The third kappa shape index (κ3) is 10.0. The van der Waals surface area contributed by atoms with E-state index in [0.29, 0.717) is 5.96 Å². The van der Waals surface area contributed by atoms with E-state index in [1.807, 2.05) is 0 Å². The zero-order valence-electron chi connectivity index (χ0n) is 14.8. The Bertz CT molecular complexity index is 293. The van der Waals surface area contributed by atoms with Crippen LogP contribution >= 0.6 is 0 Å². The average Bonchev–Trinajstić information content (AvgIpc) is 2.71. The van der Waals surface area contributed by atoms with E-state index in [4.69, 9.17) is 5.73 Å². The first-order valence-electron chi connectivity index (χ1n) is 9.17. The molecule has 1 aliphatic heterocycles. The minimum atomic E-state index is 0.612. The Morgan fingerprint density at radius 3 is 2.64 bits per heavy atom. The Morgan fingerprint density at radius 1 is 1.05 bits per heavy atom. The van der Waals surface area contributed by atoms with Gasteiger partial charge in [0.1, 0.15) is 0 Å². The number of hydrogen-bond donors (Lipinski definition) is 2. The SMILES string of the molecule is CCCCCCCCN=C(N)NCCN1CCCN(C)CC1. The lowest BCUT2D eigenvalue weighted by Gasteiger charge is -2.20. The number of unbranched alkanes of at least 4 members (excludes halogenated alkanes) is 5. The molecule has 22 heavy (non-hydrogen) atoms. The van der Waals surface area contributed by atoms with E-state index in [1.165, 1.54) is 58.2 Å². The summed E-state index contributed by atoms with van der Waals surface area (Å²) in [5.74, 6) is 0.612. The third-order valence-corrected chi connectivity index (χ3v) is 4.34. The van der Waals surface area contributed by atoms with E-state index in [1.54, 1.807) is 0 Å². The Labute approximate surface area is 137 Å². The normalized spacial score (nSPS) is 18.4. The molecule has 0 aromatic rings. The summed E-state index contributed by atoms with van der Waals surface area (Å²) in [6.45, 7) is 9.80. The highest BCUT2D eigenvalue weighted by Gasteiger charge is 2.11. The fourth-order valence-electron chi connectivity index (χ4n) is 2.81. The molecule has 0 atom stereocenters. The number of guanidine groups is 1. The molecule has 0 aromatic heterocycles.